The standard InChI is InChI=1S/C21H29N5.HI/c1-2-23-20(26-11-9-21(16-26)7-4-8-21)24-14-18-5-3-6-19(13-18)15-25-12-10-22-17-25;/h3,5-6,10,12-13,17H,2,4,7-9,11,14-16H2,1H3,(H,23,24);1H. The van der Waals surface area contributed by atoms with Crippen LogP contribution in [0.2, 0.25) is 0 Å². The monoisotopic (exact) mass is 479 g/mol. The molecule has 2 aliphatic rings. The van der Waals surface area contributed by atoms with E-state index >= 15 is 0 Å². The number of hydrogen-bond donors (Lipinski definition) is 1. The lowest BCUT2D eigenvalue weighted by molar-refractivity contribution is 0.151. The topological polar surface area (TPSA) is 45.5 Å². The van der Waals surface area contributed by atoms with Gasteiger partial charge in [0.25, 0.3) is 0 Å². The van der Waals surface area contributed by atoms with Crippen molar-refractivity contribution >= 4 is 29.9 Å². The van der Waals surface area contributed by atoms with E-state index in [0.717, 1.165) is 32.1 Å². The number of imidazole rings is 1. The molecule has 1 aliphatic carbocycles. The highest BCUT2D eigenvalue weighted by Crippen LogP contribution is 2.47. The zero-order valence-electron chi connectivity index (χ0n) is 16.1. The average Bonchev–Trinajstić information content (AvgIpc) is 3.28. The second-order valence-corrected chi connectivity index (χ2v) is 7.75. The molecule has 2 aromatic rings. The SMILES string of the molecule is CCNC(=NCc1cccc(Cn2ccnc2)c1)N1CCC2(CCC2)C1.I. The Morgan fingerprint density at radius 2 is 2.11 bits per heavy atom. The molecule has 1 saturated heterocycles. The largest absolute Gasteiger partial charge is 0.357 e. The Morgan fingerprint density at radius 3 is 2.78 bits per heavy atom. The minimum absolute atomic E-state index is 0. The van der Waals surface area contributed by atoms with E-state index in [1.807, 2.05) is 18.7 Å². The number of nitrogens with one attached hydrogen (secondary N) is 1. The molecule has 1 aliphatic heterocycles. The zero-order chi connectivity index (χ0) is 17.8. The van der Waals surface area contributed by atoms with Crippen LogP contribution in [0.3, 0.4) is 0 Å². The molecule has 1 saturated carbocycles. The lowest BCUT2D eigenvalue weighted by Crippen LogP contribution is -2.42. The smallest absolute Gasteiger partial charge is 0.194 e. The highest BCUT2D eigenvalue weighted by atomic mass is 127. The van der Waals surface area contributed by atoms with Crippen LogP contribution in [-0.4, -0.2) is 40.0 Å². The number of aliphatic imine (C=N–C) groups is 1. The van der Waals surface area contributed by atoms with E-state index in [9.17, 15) is 0 Å². The first-order valence-electron chi connectivity index (χ1n) is 9.83. The van der Waals surface area contributed by atoms with E-state index in [0.29, 0.717) is 5.41 Å². The molecule has 1 aromatic carbocycles. The molecular formula is C21H30IN5. The number of halogens is 1. The van der Waals surface area contributed by atoms with E-state index in [1.54, 1.807) is 0 Å². The number of nitrogens with zero attached hydrogens (tertiary/aromatic N) is 4. The fraction of sp³-hybridized carbons (Fsp3) is 0.524. The van der Waals surface area contributed by atoms with Gasteiger partial charge in [0.05, 0.1) is 12.9 Å². The summed E-state index contributed by atoms with van der Waals surface area (Å²) in [7, 11) is 0. The van der Waals surface area contributed by atoms with Crippen LogP contribution in [0.4, 0.5) is 0 Å². The molecule has 5 nitrogen and oxygen atoms in total. The molecule has 2 heterocycles. The maximum atomic E-state index is 4.94. The summed E-state index contributed by atoms with van der Waals surface area (Å²) in [5.41, 5.74) is 3.15. The summed E-state index contributed by atoms with van der Waals surface area (Å²) in [4.78, 5) is 11.5. The van der Waals surface area contributed by atoms with Crippen LogP contribution < -0.4 is 5.32 Å². The van der Waals surface area contributed by atoms with Gasteiger partial charge in [-0.25, -0.2) is 9.98 Å². The van der Waals surface area contributed by atoms with Crippen LogP contribution in [0.1, 0.15) is 43.7 Å². The van der Waals surface area contributed by atoms with Gasteiger partial charge in [0.1, 0.15) is 0 Å². The Morgan fingerprint density at radius 1 is 1.26 bits per heavy atom. The molecule has 6 heteroatoms. The van der Waals surface area contributed by atoms with Gasteiger partial charge in [-0.05, 0) is 42.7 Å². The normalized spacial score (nSPS) is 18.3. The first-order chi connectivity index (χ1) is 12.8. The first kappa shape index (κ1) is 20.2. The van der Waals surface area contributed by atoms with E-state index in [-0.39, 0.29) is 24.0 Å². The Labute approximate surface area is 179 Å². The maximum absolute atomic E-state index is 4.94. The summed E-state index contributed by atoms with van der Waals surface area (Å²) in [6.07, 6.45) is 11.2. The molecule has 0 bridgehead atoms. The van der Waals surface area contributed by atoms with Gasteiger partial charge in [0.2, 0.25) is 0 Å². The second-order valence-electron chi connectivity index (χ2n) is 7.75. The highest BCUT2D eigenvalue weighted by Gasteiger charge is 2.43. The van der Waals surface area contributed by atoms with E-state index < -0.39 is 0 Å². The molecule has 1 aromatic heterocycles. The molecule has 0 amide bonds. The molecule has 0 atom stereocenters. The molecule has 0 unspecified atom stereocenters. The number of likely N-dealkylation sites (tertiary alicyclic amines) is 1. The quantitative estimate of drug-likeness (QED) is 0.402. The predicted molar refractivity (Wildman–Crippen MR) is 120 cm³/mol. The van der Waals surface area contributed by atoms with Gasteiger partial charge in [-0.15, -0.1) is 24.0 Å². The van der Waals surface area contributed by atoms with Gasteiger partial charge in [-0.1, -0.05) is 30.7 Å². The Kier molecular flexibility index (Phi) is 6.78. The molecule has 2 fully saturated rings. The summed E-state index contributed by atoms with van der Waals surface area (Å²) in [6.45, 7) is 6.97. The minimum Gasteiger partial charge on any atom is -0.357 e. The Bertz CT molecular complexity index is 752. The van der Waals surface area contributed by atoms with E-state index in [4.69, 9.17) is 4.99 Å². The number of guanidine groups is 1. The van der Waals surface area contributed by atoms with Crippen LogP contribution in [0.15, 0.2) is 48.0 Å². The van der Waals surface area contributed by atoms with Gasteiger partial charge in [0, 0.05) is 38.6 Å². The third kappa shape index (κ3) is 4.83. The van der Waals surface area contributed by atoms with Crippen LogP contribution in [0.25, 0.3) is 0 Å². The van der Waals surface area contributed by atoms with E-state index in [1.165, 1.54) is 43.4 Å². The Hall–Kier alpha value is -1.57. The van der Waals surface area contributed by atoms with Crippen molar-refractivity contribution in [3.05, 3.63) is 54.1 Å². The van der Waals surface area contributed by atoms with Crippen molar-refractivity contribution < 1.29 is 0 Å². The Balaban J connectivity index is 0.00000210. The number of hydrogen-bond acceptors (Lipinski definition) is 2. The van der Waals surface area contributed by atoms with Crippen LogP contribution in [-0.2, 0) is 13.1 Å². The van der Waals surface area contributed by atoms with Crippen molar-refractivity contribution in [2.75, 3.05) is 19.6 Å². The van der Waals surface area contributed by atoms with Gasteiger partial charge in [-0.2, -0.15) is 0 Å². The maximum Gasteiger partial charge on any atom is 0.194 e. The minimum atomic E-state index is 0. The highest BCUT2D eigenvalue weighted by molar-refractivity contribution is 14.0. The summed E-state index contributed by atoms with van der Waals surface area (Å²) in [6, 6.07) is 8.72. The molecule has 1 spiro atoms. The van der Waals surface area contributed by atoms with Crippen molar-refractivity contribution in [1.29, 1.82) is 0 Å². The van der Waals surface area contributed by atoms with Crippen molar-refractivity contribution in [2.45, 2.75) is 45.7 Å². The number of rotatable bonds is 5. The van der Waals surface area contributed by atoms with Gasteiger partial charge in [-0.3, -0.25) is 0 Å². The third-order valence-electron chi connectivity index (χ3n) is 5.81. The predicted octanol–water partition coefficient (Wildman–Crippen LogP) is 3.89. The summed E-state index contributed by atoms with van der Waals surface area (Å²) in [5.74, 6) is 1.08. The molecule has 27 heavy (non-hydrogen) atoms. The van der Waals surface area contributed by atoms with Gasteiger partial charge >= 0.3 is 0 Å². The summed E-state index contributed by atoms with van der Waals surface area (Å²) in [5, 5.41) is 3.50. The molecular weight excluding hydrogens is 449 g/mol. The fourth-order valence-electron chi connectivity index (χ4n) is 4.21. The summed E-state index contributed by atoms with van der Waals surface area (Å²) >= 11 is 0. The number of benzene rings is 1. The first-order valence-corrected chi connectivity index (χ1v) is 9.83. The number of aromatic nitrogens is 2. The van der Waals surface area contributed by atoms with Gasteiger partial charge < -0.3 is 14.8 Å². The molecule has 1 N–H and O–H groups in total. The molecule has 146 valence electrons. The average molecular weight is 479 g/mol. The molecule has 4 rings (SSSR count). The third-order valence-corrected chi connectivity index (χ3v) is 5.81. The van der Waals surface area contributed by atoms with Crippen LogP contribution in [0, 0.1) is 5.41 Å². The van der Waals surface area contributed by atoms with Crippen molar-refractivity contribution in [1.82, 2.24) is 19.8 Å². The lowest BCUT2D eigenvalue weighted by atomic mass is 9.68. The van der Waals surface area contributed by atoms with Crippen molar-refractivity contribution in [2.24, 2.45) is 10.4 Å². The zero-order valence-corrected chi connectivity index (χ0v) is 18.4. The lowest BCUT2D eigenvalue weighted by Gasteiger charge is -2.38. The van der Waals surface area contributed by atoms with Gasteiger partial charge in [0.15, 0.2) is 5.96 Å². The van der Waals surface area contributed by atoms with Crippen molar-refractivity contribution in [3.63, 3.8) is 0 Å². The van der Waals surface area contributed by atoms with Crippen molar-refractivity contribution in [3.8, 4) is 0 Å². The fourth-order valence-corrected chi connectivity index (χ4v) is 4.21. The second kappa shape index (κ2) is 9.08. The van der Waals surface area contributed by atoms with Crippen LogP contribution >= 0.6 is 24.0 Å². The molecule has 0 radical (unpaired) electrons. The van der Waals surface area contributed by atoms with Crippen LogP contribution in [0.5, 0.6) is 0 Å². The summed E-state index contributed by atoms with van der Waals surface area (Å²) < 4.78 is 2.09. The van der Waals surface area contributed by atoms with E-state index in [2.05, 4.69) is 51.0 Å².